The molecule has 3 heteroatoms. The van der Waals surface area contributed by atoms with E-state index in [-0.39, 0.29) is 0 Å². The molecule has 0 aliphatic heterocycles. The molecule has 1 aromatic rings. The Balaban J connectivity index is 3.12. The van der Waals surface area contributed by atoms with E-state index in [9.17, 15) is 4.79 Å². The fourth-order valence-corrected chi connectivity index (χ4v) is 0.882. The molecule has 0 saturated heterocycles. The van der Waals surface area contributed by atoms with Crippen LogP contribution in [0.5, 0.6) is 0 Å². The highest BCUT2D eigenvalue weighted by atomic mass is 16.5. The second-order valence-corrected chi connectivity index (χ2v) is 2.20. The molecule has 0 atom stereocenters. The van der Waals surface area contributed by atoms with E-state index >= 15 is 0 Å². The van der Waals surface area contributed by atoms with Crippen molar-refractivity contribution >= 4 is 12.0 Å². The lowest BCUT2D eigenvalue weighted by Crippen LogP contribution is -2.11. The first-order valence-corrected chi connectivity index (χ1v) is 3.22. The zero-order valence-corrected chi connectivity index (χ0v) is 6.19. The van der Waals surface area contributed by atoms with Gasteiger partial charge in [0.15, 0.2) is 6.29 Å². The van der Waals surface area contributed by atoms with Crippen molar-refractivity contribution in [3.05, 3.63) is 29.8 Å². The summed E-state index contributed by atoms with van der Waals surface area (Å²) in [5.41, 5.74) is 1.00. The smallest absolute Gasteiger partial charge is 0.152 e. The number of hydrogen-bond acceptors (Lipinski definition) is 3. The molecule has 0 spiro atoms. The van der Waals surface area contributed by atoms with Crippen LogP contribution in [0.1, 0.15) is 10.4 Å². The Morgan fingerprint density at radius 1 is 1.45 bits per heavy atom. The SMILES string of the molecule is CN(O)c1ccccc1C=O. The number of hydroxylamine groups is 1. The van der Waals surface area contributed by atoms with Crippen molar-refractivity contribution in [2.24, 2.45) is 0 Å². The second kappa shape index (κ2) is 3.16. The average molecular weight is 151 g/mol. The highest BCUT2D eigenvalue weighted by Gasteiger charge is 2.01. The summed E-state index contributed by atoms with van der Waals surface area (Å²) in [6.45, 7) is 0. The van der Waals surface area contributed by atoms with Crippen LogP contribution < -0.4 is 5.06 Å². The summed E-state index contributed by atoms with van der Waals surface area (Å²) in [6, 6.07) is 6.82. The Kier molecular flexibility index (Phi) is 2.23. The quantitative estimate of drug-likeness (QED) is 0.512. The first-order valence-electron chi connectivity index (χ1n) is 3.22. The Labute approximate surface area is 64.8 Å². The number of rotatable bonds is 2. The van der Waals surface area contributed by atoms with Crippen LogP contribution in [0.25, 0.3) is 0 Å². The standard InChI is InChI=1S/C8H9NO2/c1-9(11)8-5-3-2-4-7(8)6-10/h2-6,11H,1H3. The fraction of sp³-hybridized carbons (Fsp3) is 0.125. The highest BCUT2D eigenvalue weighted by molar-refractivity contribution is 5.83. The number of aldehydes is 1. The van der Waals surface area contributed by atoms with Crippen LogP contribution in [0.15, 0.2) is 24.3 Å². The van der Waals surface area contributed by atoms with Crippen LogP contribution in [-0.4, -0.2) is 18.5 Å². The summed E-state index contributed by atoms with van der Waals surface area (Å²) in [5.74, 6) is 0. The predicted octanol–water partition coefficient (Wildman–Crippen LogP) is 1.32. The molecule has 1 aromatic carbocycles. The third-order valence-electron chi connectivity index (χ3n) is 1.41. The monoisotopic (exact) mass is 151 g/mol. The average Bonchev–Trinajstić information content (AvgIpc) is 2.04. The van der Waals surface area contributed by atoms with Crippen LogP contribution in [0.2, 0.25) is 0 Å². The number of anilines is 1. The van der Waals surface area contributed by atoms with Crippen molar-refractivity contribution < 1.29 is 10.0 Å². The Morgan fingerprint density at radius 2 is 2.09 bits per heavy atom. The van der Waals surface area contributed by atoms with Crippen LogP contribution >= 0.6 is 0 Å². The fourth-order valence-electron chi connectivity index (χ4n) is 0.882. The van der Waals surface area contributed by atoms with Crippen molar-refractivity contribution in [1.82, 2.24) is 0 Å². The minimum absolute atomic E-state index is 0.484. The van der Waals surface area contributed by atoms with Crippen molar-refractivity contribution in [1.29, 1.82) is 0 Å². The number of hydrogen-bond donors (Lipinski definition) is 1. The summed E-state index contributed by atoms with van der Waals surface area (Å²) in [4.78, 5) is 10.4. The van der Waals surface area contributed by atoms with E-state index in [0.29, 0.717) is 17.5 Å². The highest BCUT2D eigenvalue weighted by Crippen LogP contribution is 2.14. The predicted molar refractivity (Wildman–Crippen MR) is 42.0 cm³/mol. The van der Waals surface area contributed by atoms with Gasteiger partial charge < -0.3 is 0 Å². The van der Waals surface area contributed by atoms with Crippen molar-refractivity contribution in [2.75, 3.05) is 12.1 Å². The maximum atomic E-state index is 10.4. The summed E-state index contributed by atoms with van der Waals surface area (Å²) < 4.78 is 0. The van der Waals surface area contributed by atoms with E-state index in [4.69, 9.17) is 5.21 Å². The summed E-state index contributed by atoms with van der Waals surface area (Å²) in [7, 11) is 1.47. The summed E-state index contributed by atoms with van der Waals surface area (Å²) in [5, 5.41) is 9.93. The van der Waals surface area contributed by atoms with Gasteiger partial charge in [0.1, 0.15) is 0 Å². The topological polar surface area (TPSA) is 40.5 Å². The van der Waals surface area contributed by atoms with Gasteiger partial charge in [-0.3, -0.25) is 15.1 Å². The number of nitrogens with zero attached hydrogens (tertiary/aromatic N) is 1. The van der Waals surface area contributed by atoms with Gasteiger partial charge in [-0.05, 0) is 12.1 Å². The second-order valence-electron chi connectivity index (χ2n) is 2.20. The van der Waals surface area contributed by atoms with Gasteiger partial charge in [0.25, 0.3) is 0 Å². The van der Waals surface area contributed by atoms with E-state index in [0.717, 1.165) is 5.06 Å². The van der Waals surface area contributed by atoms with Crippen LogP contribution in [0, 0.1) is 0 Å². The van der Waals surface area contributed by atoms with Crippen molar-refractivity contribution in [3.63, 3.8) is 0 Å². The van der Waals surface area contributed by atoms with Gasteiger partial charge in [-0.25, -0.2) is 0 Å². The number of para-hydroxylation sites is 1. The maximum Gasteiger partial charge on any atom is 0.152 e. The Morgan fingerprint density at radius 3 is 2.55 bits per heavy atom. The minimum Gasteiger partial charge on any atom is -0.298 e. The molecular weight excluding hydrogens is 142 g/mol. The molecule has 1 rings (SSSR count). The summed E-state index contributed by atoms with van der Waals surface area (Å²) >= 11 is 0. The number of benzene rings is 1. The molecule has 0 radical (unpaired) electrons. The molecule has 0 fully saturated rings. The third kappa shape index (κ3) is 1.56. The number of carbonyl (C=O) groups excluding carboxylic acids is 1. The zero-order valence-electron chi connectivity index (χ0n) is 6.19. The van der Waals surface area contributed by atoms with Gasteiger partial charge in [0, 0.05) is 12.6 Å². The zero-order chi connectivity index (χ0) is 8.27. The molecular formula is C8H9NO2. The summed E-state index contributed by atoms with van der Waals surface area (Å²) in [6.07, 6.45) is 0.710. The third-order valence-corrected chi connectivity index (χ3v) is 1.41. The Bertz CT molecular complexity index is 258. The molecule has 3 nitrogen and oxygen atoms in total. The first kappa shape index (κ1) is 7.75. The number of carbonyl (C=O) groups is 1. The molecule has 0 aliphatic rings. The molecule has 1 N–H and O–H groups in total. The normalized spacial score (nSPS) is 9.27. The lowest BCUT2D eigenvalue weighted by molar-refractivity contribution is 0.112. The molecule has 0 unspecified atom stereocenters. The van der Waals surface area contributed by atoms with E-state index in [1.165, 1.54) is 7.05 Å². The maximum absolute atomic E-state index is 10.4. The van der Waals surface area contributed by atoms with Gasteiger partial charge in [-0.15, -0.1) is 0 Å². The van der Waals surface area contributed by atoms with Gasteiger partial charge in [0.05, 0.1) is 5.69 Å². The van der Waals surface area contributed by atoms with Crippen LogP contribution in [0.4, 0.5) is 5.69 Å². The van der Waals surface area contributed by atoms with Crippen molar-refractivity contribution in [3.8, 4) is 0 Å². The van der Waals surface area contributed by atoms with E-state index in [1.54, 1.807) is 24.3 Å². The van der Waals surface area contributed by atoms with Gasteiger partial charge in [-0.2, -0.15) is 0 Å². The molecule has 11 heavy (non-hydrogen) atoms. The first-order chi connectivity index (χ1) is 5.25. The Hall–Kier alpha value is -1.35. The largest absolute Gasteiger partial charge is 0.298 e. The lowest BCUT2D eigenvalue weighted by atomic mass is 10.2. The molecule has 0 saturated carbocycles. The van der Waals surface area contributed by atoms with Gasteiger partial charge in [-0.1, -0.05) is 12.1 Å². The van der Waals surface area contributed by atoms with Crippen LogP contribution in [0.3, 0.4) is 0 Å². The van der Waals surface area contributed by atoms with E-state index in [1.807, 2.05) is 0 Å². The molecule has 0 aromatic heterocycles. The minimum atomic E-state index is 0.484. The molecule has 0 bridgehead atoms. The van der Waals surface area contributed by atoms with Crippen LogP contribution in [-0.2, 0) is 0 Å². The van der Waals surface area contributed by atoms with E-state index < -0.39 is 0 Å². The molecule has 0 heterocycles. The van der Waals surface area contributed by atoms with Gasteiger partial charge >= 0.3 is 0 Å². The van der Waals surface area contributed by atoms with Gasteiger partial charge in [0.2, 0.25) is 0 Å². The molecule has 0 aliphatic carbocycles. The molecule has 58 valence electrons. The van der Waals surface area contributed by atoms with Crippen molar-refractivity contribution in [2.45, 2.75) is 0 Å². The lowest BCUT2D eigenvalue weighted by Gasteiger charge is -2.11. The van der Waals surface area contributed by atoms with E-state index in [2.05, 4.69) is 0 Å². The molecule has 0 amide bonds.